The van der Waals surface area contributed by atoms with Crippen LogP contribution < -0.4 is 15.5 Å². The first-order valence-electron chi connectivity index (χ1n) is 7.40. The molecular weight excluding hydrogens is 351 g/mol. The van der Waals surface area contributed by atoms with E-state index in [1.54, 1.807) is 12.1 Å². The van der Waals surface area contributed by atoms with E-state index in [-0.39, 0.29) is 10.8 Å². The molecule has 0 aliphatic heterocycles. The molecule has 0 radical (unpaired) electrons. The van der Waals surface area contributed by atoms with Crippen LogP contribution >= 0.6 is 12.2 Å². The number of benzene rings is 2. The van der Waals surface area contributed by atoms with Crippen LogP contribution in [0.25, 0.3) is 0 Å². The maximum atomic E-state index is 12.9. The summed E-state index contributed by atoms with van der Waals surface area (Å²) in [4.78, 5) is 0. The lowest BCUT2D eigenvalue weighted by Crippen LogP contribution is -2.25. The molecule has 8 heteroatoms. The number of alkyl halides is 3. The van der Waals surface area contributed by atoms with Gasteiger partial charge in [-0.2, -0.15) is 18.3 Å². The fraction of sp³-hybridized carbons (Fsp3) is 0.176. The van der Waals surface area contributed by atoms with Gasteiger partial charge in [-0.05, 0) is 43.4 Å². The van der Waals surface area contributed by atoms with Crippen molar-refractivity contribution in [1.29, 1.82) is 0 Å². The summed E-state index contributed by atoms with van der Waals surface area (Å²) in [6.45, 7) is 2.37. The van der Waals surface area contributed by atoms with Crippen molar-refractivity contribution in [3.63, 3.8) is 0 Å². The van der Waals surface area contributed by atoms with Crippen molar-refractivity contribution >= 4 is 29.2 Å². The van der Waals surface area contributed by atoms with Gasteiger partial charge in [0.15, 0.2) is 5.11 Å². The normalized spacial score (nSPS) is 11.4. The largest absolute Gasteiger partial charge is 0.493 e. The number of rotatable bonds is 5. The molecule has 25 heavy (non-hydrogen) atoms. The highest BCUT2D eigenvalue weighted by atomic mass is 32.1. The molecule has 2 aromatic carbocycles. The van der Waals surface area contributed by atoms with Crippen molar-refractivity contribution in [1.82, 2.24) is 5.43 Å². The highest BCUT2D eigenvalue weighted by Crippen LogP contribution is 2.34. The molecule has 0 bridgehead atoms. The molecule has 2 aromatic rings. The fourth-order valence-electron chi connectivity index (χ4n) is 2.02. The Morgan fingerprint density at radius 3 is 2.56 bits per heavy atom. The van der Waals surface area contributed by atoms with Gasteiger partial charge >= 0.3 is 6.18 Å². The van der Waals surface area contributed by atoms with Crippen LogP contribution in [0.4, 0.5) is 18.9 Å². The Balaban J connectivity index is 2.03. The van der Waals surface area contributed by atoms with Crippen LogP contribution in [0.3, 0.4) is 0 Å². The first-order valence-corrected chi connectivity index (χ1v) is 7.80. The Morgan fingerprint density at radius 1 is 1.16 bits per heavy atom. The maximum absolute atomic E-state index is 12.9. The fourth-order valence-corrected chi connectivity index (χ4v) is 2.19. The predicted octanol–water partition coefficient (Wildman–Crippen LogP) is 4.42. The van der Waals surface area contributed by atoms with Crippen molar-refractivity contribution in [2.75, 3.05) is 11.9 Å². The van der Waals surface area contributed by atoms with Gasteiger partial charge in [-0.3, -0.25) is 5.43 Å². The summed E-state index contributed by atoms with van der Waals surface area (Å²) in [6, 6.07) is 12.3. The SMILES string of the molecule is CCOc1ccccc1/C=N/NC(=S)Nc1ccccc1C(F)(F)F. The van der Waals surface area contributed by atoms with Crippen molar-refractivity contribution in [3.05, 3.63) is 59.7 Å². The molecular formula is C17H16F3N3OS. The molecule has 0 saturated carbocycles. The monoisotopic (exact) mass is 367 g/mol. The third-order valence-corrected chi connectivity index (χ3v) is 3.26. The zero-order valence-electron chi connectivity index (χ0n) is 13.3. The lowest BCUT2D eigenvalue weighted by molar-refractivity contribution is -0.136. The van der Waals surface area contributed by atoms with E-state index in [1.807, 2.05) is 19.1 Å². The molecule has 0 atom stereocenters. The van der Waals surface area contributed by atoms with Crippen molar-refractivity contribution in [2.24, 2.45) is 5.10 Å². The van der Waals surface area contributed by atoms with Crippen LogP contribution in [0.2, 0.25) is 0 Å². The zero-order chi connectivity index (χ0) is 18.3. The number of thiocarbonyl (C=S) groups is 1. The van der Waals surface area contributed by atoms with E-state index in [9.17, 15) is 13.2 Å². The Kier molecular flexibility index (Phi) is 6.35. The summed E-state index contributed by atoms with van der Waals surface area (Å²) in [5.74, 6) is 0.650. The molecule has 0 aromatic heterocycles. The van der Waals surface area contributed by atoms with Gasteiger partial charge in [-0.15, -0.1) is 0 Å². The van der Waals surface area contributed by atoms with E-state index in [0.29, 0.717) is 12.4 Å². The molecule has 0 fully saturated rings. The maximum Gasteiger partial charge on any atom is 0.418 e. The van der Waals surface area contributed by atoms with E-state index in [4.69, 9.17) is 17.0 Å². The van der Waals surface area contributed by atoms with Crippen LogP contribution in [-0.2, 0) is 6.18 Å². The number of para-hydroxylation sites is 2. The average Bonchev–Trinajstić information content (AvgIpc) is 2.56. The summed E-state index contributed by atoms with van der Waals surface area (Å²) in [7, 11) is 0. The van der Waals surface area contributed by atoms with E-state index in [2.05, 4.69) is 15.8 Å². The average molecular weight is 367 g/mol. The Labute approximate surface area is 148 Å². The second kappa shape index (κ2) is 8.48. The molecule has 0 amide bonds. The number of hydrazone groups is 1. The summed E-state index contributed by atoms with van der Waals surface area (Å²) in [5.41, 5.74) is 2.27. The first-order chi connectivity index (χ1) is 11.9. The molecule has 0 aliphatic carbocycles. The Bertz CT molecular complexity index is 763. The molecule has 0 spiro atoms. The number of hydrogen-bond acceptors (Lipinski definition) is 3. The summed E-state index contributed by atoms with van der Waals surface area (Å²) in [5, 5.41) is 6.38. The van der Waals surface area contributed by atoms with E-state index < -0.39 is 11.7 Å². The first kappa shape index (κ1) is 18.7. The van der Waals surface area contributed by atoms with Crippen LogP contribution in [0.1, 0.15) is 18.1 Å². The molecule has 2 rings (SSSR count). The highest BCUT2D eigenvalue weighted by Gasteiger charge is 2.33. The van der Waals surface area contributed by atoms with Gasteiger partial charge in [0.05, 0.1) is 24.1 Å². The minimum Gasteiger partial charge on any atom is -0.493 e. The molecule has 132 valence electrons. The summed E-state index contributed by atoms with van der Waals surface area (Å²) in [6.07, 6.45) is -2.99. The zero-order valence-corrected chi connectivity index (χ0v) is 14.1. The summed E-state index contributed by atoms with van der Waals surface area (Å²) < 4.78 is 44.3. The van der Waals surface area contributed by atoms with E-state index in [1.165, 1.54) is 24.4 Å². The van der Waals surface area contributed by atoms with Gasteiger partial charge in [0, 0.05) is 5.56 Å². The lowest BCUT2D eigenvalue weighted by Gasteiger charge is -2.14. The standard InChI is InChI=1S/C17H16F3N3OS/c1-2-24-15-10-6-3-7-12(15)11-21-23-16(25)22-14-9-5-4-8-13(14)17(18,19)20/h3-11H,2H2,1H3,(H2,22,23,25)/b21-11+. The smallest absolute Gasteiger partial charge is 0.418 e. The number of nitrogens with one attached hydrogen (secondary N) is 2. The Morgan fingerprint density at radius 2 is 1.84 bits per heavy atom. The van der Waals surface area contributed by atoms with Crippen molar-refractivity contribution in [3.8, 4) is 5.75 Å². The Hall–Kier alpha value is -2.61. The summed E-state index contributed by atoms with van der Waals surface area (Å²) >= 11 is 4.98. The molecule has 2 N–H and O–H groups in total. The number of halogens is 3. The second-order valence-corrected chi connectivity index (χ2v) is 5.25. The third kappa shape index (κ3) is 5.46. The molecule has 0 saturated heterocycles. The minimum atomic E-state index is -4.47. The van der Waals surface area contributed by atoms with Gasteiger partial charge in [0.2, 0.25) is 0 Å². The van der Waals surface area contributed by atoms with Crippen molar-refractivity contribution < 1.29 is 17.9 Å². The van der Waals surface area contributed by atoms with Crippen LogP contribution in [0.5, 0.6) is 5.75 Å². The number of hydrogen-bond donors (Lipinski definition) is 2. The molecule has 0 aliphatic rings. The molecule has 4 nitrogen and oxygen atoms in total. The van der Waals surface area contributed by atoms with Crippen molar-refractivity contribution in [2.45, 2.75) is 13.1 Å². The van der Waals surface area contributed by atoms with Gasteiger partial charge in [-0.1, -0.05) is 24.3 Å². The molecule has 0 unspecified atom stereocenters. The van der Waals surface area contributed by atoms with E-state index in [0.717, 1.165) is 11.6 Å². The number of nitrogens with zero attached hydrogens (tertiary/aromatic N) is 1. The van der Waals surface area contributed by atoms with Gasteiger partial charge < -0.3 is 10.1 Å². The van der Waals surface area contributed by atoms with Gasteiger partial charge in [-0.25, -0.2) is 0 Å². The topological polar surface area (TPSA) is 45.6 Å². The lowest BCUT2D eigenvalue weighted by atomic mass is 10.2. The highest BCUT2D eigenvalue weighted by molar-refractivity contribution is 7.80. The van der Waals surface area contributed by atoms with Crippen LogP contribution in [-0.4, -0.2) is 17.9 Å². The minimum absolute atomic E-state index is 0.0539. The van der Waals surface area contributed by atoms with Crippen LogP contribution in [0.15, 0.2) is 53.6 Å². The quantitative estimate of drug-likeness (QED) is 0.466. The van der Waals surface area contributed by atoms with E-state index >= 15 is 0 Å². The number of ether oxygens (including phenoxy) is 1. The third-order valence-electron chi connectivity index (χ3n) is 3.07. The second-order valence-electron chi connectivity index (χ2n) is 4.84. The van der Waals surface area contributed by atoms with Gasteiger partial charge in [0.1, 0.15) is 5.75 Å². The molecule has 0 heterocycles. The van der Waals surface area contributed by atoms with Crippen LogP contribution in [0, 0.1) is 0 Å². The number of anilines is 1. The predicted molar refractivity (Wildman–Crippen MR) is 96.0 cm³/mol. The van der Waals surface area contributed by atoms with Gasteiger partial charge in [0.25, 0.3) is 0 Å².